The normalized spacial score (nSPS) is 40.9. The molecule has 178 valence electrons. The smallest absolute Gasteiger partial charge is 0.303 e. The topological polar surface area (TPSA) is 74.6 Å². The Morgan fingerprint density at radius 1 is 0.903 bits per heavy atom. The van der Waals surface area contributed by atoms with Crippen LogP contribution in [0.1, 0.15) is 105 Å². The van der Waals surface area contributed by atoms with Crippen LogP contribution in [-0.2, 0) is 9.59 Å². The van der Waals surface area contributed by atoms with Crippen LogP contribution in [0.2, 0.25) is 0 Å². The Kier molecular flexibility index (Phi) is 7.48. The van der Waals surface area contributed by atoms with Crippen molar-refractivity contribution >= 4 is 11.9 Å². The van der Waals surface area contributed by atoms with Gasteiger partial charge in [0.2, 0.25) is 0 Å². The standard InChI is InChI=1S/C27H46O4/c1-17(2)7-6-8-18(3)21-11-12-22-20-10-9-19(15-24(28)29)27(5,16-25(30)31)23(20)13-14-26(21,22)4/h17-23H,6-16H2,1-5H3,(H,28,29)(H,30,31)/t18-,19+,20+,21-,22+,23+,26-,27+/m1/s1. The molecule has 2 N–H and O–H groups in total. The Labute approximate surface area is 189 Å². The number of hydrogen-bond acceptors (Lipinski definition) is 2. The van der Waals surface area contributed by atoms with E-state index >= 15 is 0 Å². The quantitative estimate of drug-likeness (QED) is 0.415. The maximum Gasteiger partial charge on any atom is 0.303 e. The van der Waals surface area contributed by atoms with Crippen LogP contribution in [0.4, 0.5) is 0 Å². The molecule has 0 aromatic rings. The fourth-order valence-electron chi connectivity index (χ4n) is 8.71. The minimum atomic E-state index is -0.781. The average Bonchev–Trinajstić information content (AvgIpc) is 3.00. The fraction of sp³-hybridized carbons (Fsp3) is 0.926. The largest absolute Gasteiger partial charge is 0.481 e. The predicted octanol–water partition coefficient (Wildman–Crippen LogP) is 6.87. The van der Waals surface area contributed by atoms with Crippen molar-refractivity contribution < 1.29 is 19.8 Å². The molecule has 0 aromatic carbocycles. The molecule has 8 atom stereocenters. The second kappa shape index (κ2) is 9.43. The van der Waals surface area contributed by atoms with Crippen molar-refractivity contribution in [3.8, 4) is 0 Å². The summed E-state index contributed by atoms with van der Waals surface area (Å²) in [7, 11) is 0. The Balaban J connectivity index is 1.78. The van der Waals surface area contributed by atoms with Crippen LogP contribution < -0.4 is 0 Å². The van der Waals surface area contributed by atoms with Gasteiger partial charge in [-0.3, -0.25) is 9.59 Å². The molecule has 0 radical (unpaired) electrons. The molecule has 31 heavy (non-hydrogen) atoms. The zero-order valence-electron chi connectivity index (χ0n) is 20.5. The summed E-state index contributed by atoms with van der Waals surface area (Å²) in [6.07, 6.45) is 11.0. The Bertz CT molecular complexity index is 658. The van der Waals surface area contributed by atoms with Crippen LogP contribution in [0.25, 0.3) is 0 Å². The van der Waals surface area contributed by atoms with E-state index in [0.29, 0.717) is 23.2 Å². The number of aliphatic carboxylic acids is 2. The fourth-order valence-corrected chi connectivity index (χ4v) is 8.71. The average molecular weight is 435 g/mol. The van der Waals surface area contributed by atoms with Gasteiger partial charge in [0.25, 0.3) is 0 Å². The van der Waals surface area contributed by atoms with Crippen LogP contribution in [0.3, 0.4) is 0 Å². The van der Waals surface area contributed by atoms with Gasteiger partial charge in [-0.1, -0.05) is 53.9 Å². The second-order valence-corrected chi connectivity index (χ2v) is 12.4. The van der Waals surface area contributed by atoms with Crippen molar-refractivity contribution in [1.29, 1.82) is 0 Å². The van der Waals surface area contributed by atoms with Crippen LogP contribution in [0.5, 0.6) is 0 Å². The number of carboxylic acid groups (broad SMARTS) is 2. The summed E-state index contributed by atoms with van der Waals surface area (Å²) in [4.78, 5) is 23.3. The number of hydrogen-bond donors (Lipinski definition) is 2. The molecule has 0 spiro atoms. The molecular formula is C27H46O4. The first kappa shape index (κ1) is 24.6. The Morgan fingerprint density at radius 3 is 2.23 bits per heavy atom. The third kappa shape index (κ3) is 4.83. The van der Waals surface area contributed by atoms with Gasteiger partial charge in [0, 0.05) is 6.42 Å². The Hall–Kier alpha value is -1.06. The molecule has 0 aliphatic heterocycles. The van der Waals surface area contributed by atoms with E-state index in [1.165, 1.54) is 38.5 Å². The predicted molar refractivity (Wildman–Crippen MR) is 124 cm³/mol. The van der Waals surface area contributed by atoms with Crippen LogP contribution in [-0.4, -0.2) is 22.2 Å². The van der Waals surface area contributed by atoms with E-state index in [-0.39, 0.29) is 18.8 Å². The highest BCUT2D eigenvalue weighted by molar-refractivity contribution is 5.69. The van der Waals surface area contributed by atoms with Crippen LogP contribution >= 0.6 is 0 Å². The molecular weight excluding hydrogens is 388 g/mol. The summed E-state index contributed by atoms with van der Waals surface area (Å²) in [5.74, 6) is 2.37. The van der Waals surface area contributed by atoms with Gasteiger partial charge in [0.1, 0.15) is 0 Å². The maximum atomic E-state index is 11.8. The summed E-state index contributed by atoms with van der Waals surface area (Å²) in [5.41, 5.74) is -0.0163. The van der Waals surface area contributed by atoms with E-state index < -0.39 is 17.4 Å². The lowest BCUT2D eigenvalue weighted by atomic mass is 9.45. The SMILES string of the molecule is CC(C)CCC[C@@H](C)[C@H]1CC[C@H]2[C@@H]3CC[C@@H](CC(=O)O)[C@](C)(CC(=O)O)[C@H]3CC[C@]12C. The zero-order chi connectivity index (χ0) is 23.0. The van der Waals surface area contributed by atoms with E-state index in [0.717, 1.165) is 37.0 Å². The van der Waals surface area contributed by atoms with Gasteiger partial charge in [-0.15, -0.1) is 0 Å². The number of fused-ring (bicyclic) bond motifs is 3. The van der Waals surface area contributed by atoms with Crippen molar-refractivity contribution in [2.75, 3.05) is 0 Å². The third-order valence-electron chi connectivity index (χ3n) is 10.2. The van der Waals surface area contributed by atoms with Gasteiger partial charge in [-0.05, 0) is 90.8 Å². The lowest BCUT2D eigenvalue weighted by Crippen LogP contribution is -2.53. The Morgan fingerprint density at radius 2 is 1.61 bits per heavy atom. The lowest BCUT2D eigenvalue weighted by Gasteiger charge is -2.59. The molecule has 4 heteroatoms. The number of carboxylic acids is 2. The van der Waals surface area contributed by atoms with Gasteiger partial charge in [0.05, 0.1) is 6.42 Å². The van der Waals surface area contributed by atoms with Crippen molar-refractivity contribution in [3.05, 3.63) is 0 Å². The minimum absolute atomic E-state index is 0.0149. The molecule has 0 heterocycles. The molecule has 3 aliphatic carbocycles. The molecule has 3 rings (SSSR count). The molecule has 4 nitrogen and oxygen atoms in total. The molecule has 0 amide bonds. The minimum Gasteiger partial charge on any atom is -0.481 e. The van der Waals surface area contributed by atoms with Crippen LogP contribution in [0.15, 0.2) is 0 Å². The summed E-state index contributed by atoms with van der Waals surface area (Å²) in [6, 6.07) is 0. The first-order chi connectivity index (χ1) is 14.5. The summed E-state index contributed by atoms with van der Waals surface area (Å²) in [6.45, 7) is 11.8. The molecule has 0 aromatic heterocycles. The van der Waals surface area contributed by atoms with Crippen LogP contribution in [0, 0.1) is 52.3 Å². The van der Waals surface area contributed by atoms with Gasteiger partial charge >= 0.3 is 11.9 Å². The summed E-state index contributed by atoms with van der Waals surface area (Å²) in [5, 5.41) is 19.2. The third-order valence-corrected chi connectivity index (χ3v) is 10.2. The highest BCUT2D eigenvalue weighted by atomic mass is 16.4. The van der Waals surface area contributed by atoms with Crippen molar-refractivity contribution in [2.45, 2.75) is 105 Å². The van der Waals surface area contributed by atoms with Crippen molar-refractivity contribution in [2.24, 2.45) is 52.3 Å². The van der Waals surface area contributed by atoms with E-state index in [2.05, 4.69) is 34.6 Å². The maximum absolute atomic E-state index is 11.8. The molecule has 0 unspecified atom stereocenters. The van der Waals surface area contributed by atoms with E-state index in [9.17, 15) is 19.8 Å². The van der Waals surface area contributed by atoms with Crippen molar-refractivity contribution in [1.82, 2.24) is 0 Å². The van der Waals surface area contributed by atoms with Gasteiger partial charge in [-0.2, -0.15) is 0 Å². The lowest BCUT2D eigenvalue weighted by molar-refractivity contribution is -0.155. The van der Waals surface area contributed by atoms with Gasteiger partial charge in [-0.25, -0.2) is 0 Å². The monoisotopic (exact) mass is 434 g/mol. The van der Waals surface area contributed by atoms with E-state index in [1.54, 1.807) is 0 Å². The van der Waals surface area contributed by atoms with E-state index in [1.807, 2.05) is 0 Å². The molecule has 3 aliphatic rings. The molecule has 3 saturated carbocycles. The summed E-state index contributed by atoms with van der Waals surface area (Å²) >= 11 is 0. The zero-order valence-corrected chi connectivity index (χ0v) is 20.5. The second-order valence-electron chi connectivity index (χ2n) is 12.4. The number of rotatable bonds is 9. The number of carbonyl (C=O) groups is 2. The summed E-state index contributed by atoms with van der Waals surface area (Å²) < 4.78 is 0. The molecule has 0 saturated heterocycles. The highest BCUT2D eigenvalue weighted by Crippen LogP contribution is 2.67. The molecule has 3 fully saturated rings. The van der Waals surface area contributed by atoms with Gasteiger partial charge < -0.3 is 10.2 Å². The van der Waals surface area contributed by atoms with Crippen molar-refractivity contribution in [3.63, 3.8) is 0 Å². The first-order valence-electron chi connectivity index (χ1n) is 12.9. The van der Waals surface area contributed by atoms with Gasteiger partial charge in [0.15, 0.2) is 0 Å². The molecule has 0 bridgehead atoms. The van der Waals surface area contributed by atoms with E-state index in [4.69, 9.17) is 0 Å². The first-order valence-corrected chi connectivity index (χ1v) is 12.9. The highest BCUT2D eigenvalue weighted by Gasteiger charge is 2.60.